The van der Waals surface area contributed by atoms with Crippen molar-refractivity contribution in [1.29, 1.82) is 0 Å². The molecule has 4 heteroatoms. The van der Waals surface area contributed by atoms with Gasteiger partial charge in [0.1, 0.15) is 5.60 Å². The van der Waals surface area contributed by atoms with E-state index >= 15 is 0 Å². The molecule has 1 atom stereocenters. The first-order valence-electron chi connectivity index (χ1n) is 6.99. The van der Waals surface area contributed by atoms with Gasteiger partial charge in [0.2, 0.25) is 0 Å². The van der Waals surface area contributed by atoms with Crippen molar-refractivity contribution in [2.24, 2.45) is 11.3 Å². The molecule has 0 radical (unpaired) electrons. The molecule has 1 aliphatic carbocycles. The molecule has 1 saturated heterocycles. The first-order valence-corrected chi connectivity index (χ1v) is 6.99. The van der Waals surface area contributed by atoms with Gasteiger partial charge in [-0.1, -0.05) is 6.42 Å². The van der Waals surface area contributed by atoms with E-state index < -0.39 is 5.60 Å². The Morgan fingerprint density at radius 3 is 2.56 bits per heavy atom. The normalized spacial score (nSPS) is 26.2. The number of ether oxygens (including phenoxy) is 1. The van der Waals surface area contributed by atoms with Gasteiger partial charge < -0.3 is 15.0 Å². The van der Waals surface area contributed by atoms with E-state index in [2.05, 4.69) is 5.32 Å². The Kier molecular flexibility index (Phi) is 3.58. The molecular weight excluding hydrogens is 228 g/mol. The van der Waals surface area contributed by atoms with Crippen LogP contribution in [0.2, 0.25) is 0 Å². The number of nitrogens with zero attached hydrogens (tertiary/aromatic N) is 1. The molecule has 1 N–H and O–H groups in total. The molecule has 2 fully saturated rings. The zero-order valence-electron chi connectivity index (χ0n) is 12.1. The smallest absolute Gasteiger partial charge is 0.410 e. The molecule has 104 valence electrons. The standard InChI is InChI=1S/C14H26N2O2/c1-13(2,3)18-12(17)16-9-11(8-15-4)14(10-16)6-5-7-14/h11,15H,5-10H2,1-4H3. The van der Waals surface area contributed by atoms with Crippen molar-refractivity contribution in [2.75, 3.05) is 26.7 Å². The molecule has 1 heterocycles. The van der Waals surface area contributed by atoms with Crippen molar-refractivity contribution in [3.05, 3.63) is 0 Å². The van der Waals surface area contributed by atoms with Gasteiger partial charge in [-0.3, -0.25) is 0 Å². The molecule has 1 spiro atoms. The summed E-state index contributed by atoms with van der Waals surface area (Å²) in [5, 5.41) is 3.26. The number of nitrogens with one attached hydrogen (secondary N) is 1. The lowest BCUT2D eigenvalue weighted by Crippen LogP contribution is -2.41. The lowest BCUT2D eigenvalue weighted by Gasteiger charge is -2.42. The van der Waals surface area contributed by atoms with Crippen molar-refractivity contribution in [3.63, 3.8) is 0 Å². The molecule has 4 nitrogen and oxygen atoms in total. The second-order valence-electron chi connectivity index (χ2n) is 6.83. The Balaban J connectivity index is 1.98. The lowest BCUT2D eigenvalue weighted by molar-refractivity contribution is 0.0241. The van der Waals surface area contributed by atoms with Crippen LogP contribution in [0.1, 0.15) is 40.0 Å². The van der Waals surface area contributed by atoms with Crippen molar-refractivity contribution in [2.45, 2.75) is 45.6 Å². The Hall–Kier alpha value is -0.770. The number of carbonyl (C=O) groups is 1. The first kappa shape index (κ1) is 13.7. The van der Waals surface area contributed by atoms with Gasteiger partial charge in [-0.25, -0.2) is 4.79 Å². The minimum Gasteiger partial charge on any atom is -0.444 e. The summed E-state index contributed by atoms with van der Waals surface area (Å²) in [5.74, 6) is 0.587. The Bertz CT molecular complexity index is 318. The SMILES string of the molecule is CNCC1CN(C(=O)OC(C)(C)C)CC12CCC2. The van der Waals surface area contributed by atoms with Crippen LogP contribution in [-0.4, -0.2) is 43.3 Å². The predicted octanol–water partition coefficient (Wildman–Crippen LogP) is 2.24. The van der Waals surface area contributed by atoms with E-state index in [0.717, 1.165) is 19.6 Å². The van der Waals surface area contributed by atoms with Gasteiger partial charge in [-0.05, 0) is 58.5 Å². The van der Waals surface area contributed by atoms with Crippen molar-refractivity contribution < 1.29 is 9.53 Å². The molecule has 0 aromatic heterocycles. The van der Waals surface area contributed by atoms with Crippen LogP contribution in [0.3, 0.4) is 0 Å². The topological polar surface area (TPSA) is 41.6 Å². The maximum Gasteiger partial charge on any atom is 0.410 e. The number of carbonyl (C=O) groups excluding carboxylic acids is 1. The highest BCUT2D eigenvalue weighted by Gasteiger charge is 2.51. The molecule has 1 aliphatic heterocycles. The summed E-state index contributed by atoms with van der Waals surface area (Å²) in [6, 6.07) is 0. The van der Waals surface area contributed by atoms with E-state index in [1.54, 1.807) is 0 Å². The van der Waals surface area contributed by atoms with Crippen molar-refractivity contribution >= 4 is 6.09 Å². The molecule has 0 aromatic rings. The number of likely N-dealkylation sites (tertiary alicyclic amines) is 1. The van der Waals surface area contributed by atoms with Crippen LogP contribution in [0, 0.1) is 11.3 Å². The van der Waals surface area contributed by atoms with Crippen LogP contribution in [0.4, 0.5) is 4.79 Å². The van der Waals surface area contributed by atoms with Gasteiger partial charge in [-0.2, -0.15) is 0 Å². The lowest BCUT2D eigenvalue weighted by atomic mass is 9.63. The van der Waals surface area contributed by atoms with Crippen LogP contribution < -0.4 is 5.32 Å². The van der Waals surface area contributed by atoms with E-state index in [1.165, 1.54) is 19.3 Å². The summed E-state index contributed by atoms with van der Waals surface area (Å²) in [6.07, 6.45) is 3.69. The van der Waals surface area contributed by atoms with Crippen LogP contribution in [0.25, 0.3) is 0 Å². The number of amides is 1. The van der Waals surface area contributed by atoms with Gasteiger partial charge in [0.25, 0.3) is 0 Å². The molecule has 1 amide bonds. The van der Waals surface area contributed by atoms with E-state index in [0.29, 0.717) is 11.3 Å². The predicted molar refractivity (Wildman–Crippen MR) is 71.5 cm³/mol. The summed E-state index contributed by atoms with van der Waals surface area (Å²) < 4.78 is 5.48. The maximum absolute atomic E-state index is 12.1. The monoisotopic (exact) mass is 254 g/mol. The van der Waals surface area contributed by atoms with Crippen LogP contribution in [0.5, 0.6) is 0 Å². The number of hydrogen-bond acceptors (Lipinski definition) is 3. The fourth-order valence-corrected chi connectivity index (χ4v) is 3.22. The van der Waals surface area contributed by atoms with E-state index in [1.807, 2.05) is 32.7 Å². The van der Waals surface area contributed by atoms with E-state index in [-0.39, 0.29) is 6.09 Å². The average Bonchev–Trinajstić information content (AvgIpc) is 2.55. The average molecular weight is 254 g/mol. The van der Waals surface area contributed by atoms with Gasteiger partial charge in [0.15, 0.2) is 0 Å². The molecule has 1 unspecified atom stereocenters. The largest absolute Gasteiger partial charge is 0.444 e. The summed E-state index contributed by atoms with van der Waals surface area (Å²) in [4.78, 5) is 14.0. The minimum atomic E-state index is -0.398. The highest BCUT2D eigenvalue weighted by Crippen LogP contribution is 2.51. The minimum absolute atomic E-state index is 0.146. The number of hydrogen-bond donors (Lipinski definition) is 1. The summed E-state index contributed by atoms with van der Waals surface area (Å²) in [7, 11) is 1.99. The molecule has 0 bridgehead atoms. The molecule has 18 heavy (non-hydrogen) atoms. The Morgan fingerprint density at radius 1 is 1.44 bits per heavy atom. The van der Waals surface area contributed by atoms with Gasteiger partial charge >= 0.3 is 6.09 Å². The third kappa shape index (κ3) is 2.63. The Morgan fingerprint density at radius 2 is 2.11 bits per heavy atom. The van der Waals surface area contributed by atoms with E-state index in [4.69, 9.17) is 4.74 Å². The first-order chi connectivity index (χ1) is 8.36. The van der Waals surface area contributed by atoms with Crippen molar-refractivity contribution in [1.82, 2.24) is 10.2 Å². The van der Waals surface area contributed by atoms with Crippen LogP contribution in [-0.2, 0) is 4.74 Å². The van der Waals surface area contributed by atoms with Crippen molar-refractivity contribution in [3.8, 4) is 0 Å². The Labute approximate surface area is 110 Å². The third-order valence-electron chi connectivity index (χ3n) is 4.26. The summed E-state index contributed by atoms with van der Waals surface area (Å²) in [6.45, 7) is 8.49. The second-order valence-corrected chi connectivity index (χ2v) is 6.83. The molecular formula is C14H26N2O2. The highest BCUT2D eigenvalue weighted by molar-refractivity contribution is 5.68. The molecule has 2 aliphatic rings. The summed E-state index contributed by atoms with van der Waals surface area (Å²) >= 11 is 0. The van der Waals surface area contributed by atoms with E-state index in [9.17, 15) is 4.79 Å². The van der Waals surface area contributed by atoms with Gasteiger partial charge in [-0.15, -0.1) is 0 Å². The third-order valence-corrected chi connectivity index (χ3v) is 4.26. The number of rotatable bonds is 2. The zero-order chi connectivity index (χ0) is 13.4. The maximum atomic E-state index is 12.1. The van der Waals surface area contributed by atoms with Gasteiger partial charge in [0.05, 0.1) is 0 Å². The van der Waals surface area contributed by atoms with Gasteiger partial charge in [0, 0.05) is 13.1 Å². The molecule has 0 aromatic carbocycles. The van der Waals surface area contributed by atoms with Crippen LogP contribution >= 0.6 is 0 Å². The zero-order valence-corrected chi connectivity index (χ0v) is 12.1. The highest BCUT2D eigenvalue weighted by atomic mass is 16.6. The summed E-state index contributed by atoms with van der Waals surface area (Å²) in [5.41, 5.74) is -0.0229. The second kappa shape index (κ2) is 4.72. The fraction of sp³-hybridized carbons (Fsp3) is 0.929. The molecule has 2 rings (SSSR count). The molecule has 1 saturated carbocycles. The fourth-order valence-electron chi connectivity index (χ4n) is 3.22. The van der Waals surface area contributed by atoms with Crippen LogP contribution in [0.15, 0.2) is 0 Å². The quantitative estimate of drug-likeness (QED) is 0.821.